The van der Waals surface area contributed by atoms with Crippen LogP contribution in [-0.2, 0) is 0 Å². The summed E-state index contributed by atoms with van der Waals surface area (Å²) in [5, 5.41) is 6.91. The maximum Gasteiger partial charge on any atom is 0.0639 e. The van der Waals surface area contributed by atoms with E-state index in [4.69, 9.17) is 23.2 Å². The summed E-state index contributed by atoms with van der Waals surface area (Å²) in [5.41, 5.74) is 1.04. The van der Waals surface area contributed by atoms with Gasteiger partial charge in [0.05, 0.1) is 16.1 Å². The Hall–Kier alpha value is -0.580. The maximum absolute atomic E-state index is 6.29. The van der Waals surface area contributed by atoms with Crippen molar-refractivity contribution in [3.8, 4) is 0 Å². The molecule has 1 heterocycles. The monoisotopic (exact) mass is 342 g/mol. The van der Waals surface area contributed by atoms with Gasteiger partial charge in [0.1, 0.15) is 0 Å². The molecular formula is C16H20Cl2N2S. The fraction of sp³-hybridized carbons (Fsp3) is 0.375. The molecule has 0 saturated heterocycles. The molecule has 114 valence electrons. The molecule has 2 unspecified atom stereocenters. The summed E-state index contributed by atoms with van der Waals surface area (Å²) in [6, 6.07) is 10.5. The van der Waals surface area contributed by atoms with E-state index >= 15 is 0 Å². The molecule has 1 aromatic heterocycles. The number of hydrogen-bond donors (Lipinski definition) is 1. The molecule has 0 saturated carbocycles. The van der Waals surface area contributed by atoms with Gasteiger partial charge in [0, 0.05) is 17.5 Å². The Bertz CT molecular complexity index is 570. The third-order valence-corrected chi connectivity index (χ3v) is 5.37. The molecule has 2 nitrogen and oxygen atoms in total. The predicted octanol–water partition coefficient (Wildman–Crippen LogP) is 5.01. The molecule has 0 amide bonds. The van der Waals surface area contributed by atoms with Crippen molar-refractivity contribution in [1.29, 1.82) is 0 Å². The van der Waals surface area contributed by atoms with Gasteiger partial charge in [-0.25, -0.2) is 0 Å². The van der Waals surface area contributed by atoms with Crippen molar-refractivity contribution in [3.05, 3.63) is 56.2 Å². The second kappa shape index (κ2) is 7.61. The van der Waals surface area contributed by atoms with Crippen molar-refractivity contribution >= 4 is 34.5 Å². The molecule has 0 aliphatic carbocycles. The van der Waals surface area contributed by atoms with Gasteiger partial charge in [-0.3, -0.25) is 0 Å². The van der Waals surface area contributed by atoms with Crippen LogP contribution >= 0.6 is 34.5 Å². The molecule has 0 spiro atoms. The lowest BCUT2D eigenvalue weighted by molar-refractivity contribution is 0.285. The van der Waals surface area contributed by atoms with Crippen LogP contribution in [0.25, 0.3) is 0 Å². The fourth-order valence-electron chi connectivity index (χ4n) is 2.27. The Morgan fingerprint density at radius 2 is 1.95 bits per heavy atom. The fourth-order valence-corrected chi connectivity index (χ4v) is 3.67. The first-order chi connectivity index (χ1) is 10.0. The summed E-state index contributed by atoms with van der Waals surface area (Å²) >= 11 is 14.2. The standard InChI is InChI=1S/C16H20Cl2N2S/c1-11(12-6-4-7-13(17)16(12)18)19-10-14(20(2)3)15-8-5-9-21-15/h4-9,11,14,19H,10H2,1-3H3. The molecule has 0 radical (unpaired) electrons. The van der Waals surface area contributed by atoms with E-state index < -0.39 is 0 Å². The third kappa shape index (κ3) is 4.21. The van der Waals surface area contributed by atoms with Crippen molar-refractivity contribution in [2.75, 3.05) is 20.6 Å². The van der Waals surface area contributed by atoms with Crippen LogP contribution in [0.4, 0.5) is 0 Å². The number of rotatable bonds is 6. The van der Waals surface area contributed by atoms with Gasteiger partial charge in [-0.05, 0) is 44.1 Å². The minimum Gasteiger partial charge on any atom is -0.308 e. The highest BCUT2D eigenvalue weighted by atomic mass is 35.5. The maximum atomic E-state index is 6.29. The van der Waals surface area contributed by atoms with Gasteiger partial charge in [-0.15, -0.1) is 11.3 Å². The number of thiophene rings is 1. The van der Waals surface area contributed by atoms with Crippen LogP contribution in [0.1, 0.15) is 29.4 Å². The van der Waals surface area contributed by atoms with Gasteiger partial charge >= 0.3 is 0 Å². The number of likely N-dealkylation sites (N-methyl/N-ethyl adjacent to an activating group) is 1. The SMILES string of the molecule is CC(NCC(c1cccs1)N(C)C)c1cccc(Cl)c1Cl. The molecule has 0 aliphatic rings. The molecule has 2 atom stereocenters. The van der Waals surface area contributed by atoms with Crippen LogP contribution in [0, 0.1) is 0 Å². The van der Waals surface area contributed by atoms with Crippen molar-refractivity contribution in [2.24, 2.45) is 0 Å². The van der Waals surface area contributed by atoms with Gasteiger partial charge in [0.2, 0.25) is 0 Å². The summed E-state index contributed by atoms with van der Waals surface area (Å²) in [7, 11) is 4.20. The lowest BCUT2D eigenvalue weighted by Crippen LogP contribution is -2.32. The third-order valence-electron chi connectivity index (χ3n) is 3.56. The first-order valence-corrected chi connectivity index (χ1v) is 8.51. The highest BCUT2D eigenvalue weighted by Crippen LogP contribution is 2.30. The summed E-state index contributed by atoms with van der Waals surface area (Å²) in [6.07, 6.45) is 0. The van der Waals surface area contributed by atoms with Crippen molar-refractivity contribution < 1.29 is 0 Å². The second-order valence-corrected chi connectivity index (χ2v) is 7.03. The van der Waals surface area contributed by atoms with Crippen LogP contribution in [0.5, 0.6) is 0 Å². The Balaban J connectivity index is 2.05. The Morgan fingerprint density at radius 1 is 1.19 bits per heavy atom. The number of benzene rings is 1. The normalized spacial score (nSPS) is 14.4. The molecule has 0 bridgehead atoms. The van der Waals surface area contributed by atoms with Crippen molar-refractivity contribution in [1.82, 2.24) is 10.2 Å². The van der Waals surface area contributed by atoms with Crippen molar-refractivity contribution in [3.63, 3.8) is 0 Å². The van der Waals surface area contributed by atoms with Crippen LogP contribution in [0.2, 0.25) is 10.0 Å². The van der Waals surface area contributed by atoms with E-state index in [9.17, 15) is 0 Å². The number of nitrogens with zero attached hydrogens (tertiary/aromatic N) is 1. The largest absolute Gasteiger partial charge is 0.308 e. The lowest BCUT2D eigenvalue weighted by atomic mass is 10.1. The van der Waals surface area contributed by atoms with Gasteiger partial charge < -0.3 is 10.2 Å². The first kappa shape index (κ1) is 16.8. The summed E-state index contributed by atoms with van der Waals surface area (Å²) < 4.78 is 0. The zero-order valence-electron chi connectivity index (χ0n) is 12.4. The Labute approximate surface area is 140 Å². The lowest BCUT2D eigenvalue weighted by Gasteiger charge is -2.26. The summed E-state index contributed by atoms with van der Waals surface area (Å²) in [6.45, 7) is 2.97. The van der Waals surface area contributed by atoms with E-state index in [2.05, 4.69) is 48.7 Å². The molecule has 0 fully saturated rings. The molecule has 2 rings (SSSR count). The smallest absolute Gasteiger partial charge is 0.0639 e. The Kier molecular flexibility index (Phi) is 6.08. The first-order valence-electron chi connectivity index (χ1n) is 6.87. The number of hydrogen-bond acceptors (Lipinski definition) is 3. The highest BCUT2D eigenvalue weighted by molar-refractivity contribution is 7.10. The van der Waals surface area contributed by atoms with Gasteiger partial charge in [0.15, 0.2) is 0 Å². The zero-order chi connectivity index (χ0) is 15.4. The van der Waals surface area contributed by atoms with Crippen LogP contribution in [-0.4, -0.2) is 25.5 Å². The highest BCUT2D eigenvalue weighted by Gasteiger charge is 2.18. The van der Waals surface area contributed by atoms with Crippen LogP contribution < -0.4 is 5.32 Å². The number of halogens is 2. The van der Waals surface area contributed by atoms with E-state index in [0.29, 0.717) is 16.1 Å². The van der Waals surface area contributed by atoms with Crippen LogP contribution in [0.15, 0.2) is 35.7 Å². The summed E-state index contributed by atoms with van der Waals surface area (Å²) in [4.78, 5) is 3.59. The topological polar surface area (TPSA) is 15.3 Å². The van der Waals surface area contributed by atoms with Crippen molar-refractivity contribution in [2.45, 2.75) is 19.0 Å². The molecule has 5 heteroatoms. The molecule has 21 heavy (non-hydrogen) atoms. The predicted molar refractivity (Wildman–Crippen MR) is 93.6 cm³/mol. The summed E-state index contributed by atoms with van der Waals surface area (Å²) in [5.74, 6) is 0. The van der Waals surface area contributed by atoms with E-state index in [1.54, 1.807) is 11.3 Å². The second-order valence-electron chi connectivity index (χ2n) is 5.27. The van der Waals surface area contributed by atoms with E-state index in [1.807, 2.05) is 18.2 Å². The van der Waals surface area contributed by atoms with Gasteiger partial charge in [-0.1, -0.05) is 41.4 Å². The molecule has 1 aromatic carbocycles. The molecular weight excluding hydrogens is 323 g/mol. The van der Waals surface area contributed by atoms with E-state index in [0.717, 1.165) is 12.1 Å². The molecule has 0 aliphatic heterocycles. The van der Waals surface area contributed by atoms with Gasteiger partial charge in [-0.2, -0.15) is 0 Å². The number of nitrogens with one attached hydrogen (secondary N) is 1. The zero-order valence-corrected chi connectivity index (χ0v) is 14.8. The average molecular weight is 343 g/mol. The Morgan fingerprint density at radius 3 is 2.57 bits per heavy atom. The molecule has 2 aromatic rings. The quantitative estimate of drug-likeness (QED) is 0.793. The average Bonchev–Trinajstić information content (AvgIpc) is 2.95. The molecule has 1 N–H and O–H groups in total. The van der Waals surface area contributed by atoms with E-state index in [-0.39, 0.29) is 6.04 Å². The minimum absolute atomic E-state index is 0.151. The van der Waals surface area contributed by atoms with Gasteiger partial charge in [0.25, 0.3) is 0 Å². The minimum atomic E-state index is 0.151. The van der Waals surface area contributed by atoms with E-state index in [1.165, 1.54) is 4.88 Å². The van der Waals surface area contributed by atoms with Crippen LogP contribution in [0.3, 0.4) is 0 Å².